The lowest BCUT2D eigenvalue weighted by Gasteiger charge is -2.26. The van der Waals surface area contributed by atoms with Gasteiger partial charge in [0.05, 0.1) is 18.1 Å². The Balaban J connectivity index is 1.86. The Hall–Kier alpha value is -1.41. The molecule has 1 aromatic rings. The molecule has 102 valence electrons. The first-order valence-electron chi connectivity index (χ1n) is 6.65. The molecule has 4 nitrogen and oxygen atoms in total. The molecule has 1 aliphatic rings. The average molecular weight is 260 g/mol. The highest BCUT2D eigenvalue weighted by Crippen LogP contribution is 2.25. The summed E-state index contributed by atoms with van der Waals surface area (Å²) >= 11 is 0. The van der Waals surface area contributed by atoms with Gasteiger partial charge < -0.3 is 15.2 Å². The molecule has 0 aliphatic carbocycles. The highest BCUT2D eigenvalue weighted by molar-refractivity contribution is 5.25. The Labute approximate surface area is 114 Å². The molecule has 0 bridgehead atoms. The van der Waals surface area contributed by atoms with E-state index >= 15 is 0 Å². The van der Waals surface area contributed by atoms with E-state index in [0.29, 0.717) is 26.1 Å². The van der Waals surface area contributed by atoms with Gasteiger partial charge in [-0.15, -0.1) is 0 Å². The standard InChI is InChI=1S/C15H20N2O2/c1-12-15(18,7-8-19-12)11-17-10-14(9-16)13-5-3-2-4-6-13/h2-6,12,14,17-18H,7-8,10-11H2,1H3. The van der Waals surface area contributed by atoms with Gasteiger partial charge in [0, 0.05) is 26.1 Å². The predicted octanol–water partition coefficient (Wildman–Crippen LogP) is 1.42. The van der Waals surface area contributed by atoms with Crippen LogP contribution in [0.25, 0.3) is 0 Å². The molecule has 1 aliphatic heterocycles. The minimum absolute atomic E-state index is 0.155. The fourth-order valence-corrected chi connectivity index (χ4v) is 2.36. The maximum atomic E-state index is 10.3. The lowest BCUT2D eigenvalue weighted by molar-refractivity contribution is -0.0260. The van der Waals surface area contributed by atoms with Crippen molar-refractivity contribution >= 4 is 0 Å². The second-order valence-corrected chi connectivity index (χ2v) is 5.09. The van der Waals surface area contributed by atoms with E-state index in [1.54, 1.807) is 0 Å². The summed E-state index contributed by atoms with van der Waals surface area (Å²) < 4.78 is 5.38. The van der Waals surface area contributed by atoms with E-state index in [9.17, 15) is 10.4 Å². The fraction of sp³-hybridized carbons (Fsp3) is 0.533. The van der Waals surface area contributed by atoms with Crippen LogP contribution in [0, 0.1) is 11.3 Å². The first-order chi connectivity index (χ1) is 9.15. The van der Waals surface area contributed by atoms with Crippen LogP contribution in [0.2, 0.25) is 0 Å². The summed E-state index contributed by atoms with van der Waals surface area (Å²) in [6, 6.07) is 12.0. The Kier molecular flexibility index (Phi) is 4.54. The summed E-state index contributed by atoms with van der Waals surface area (Å²) in [5, 5.41) is 22.8. The summed E-state index contributed by atoms with van der Waals surface area (Å²) in [7, 11) is 0. The monoisotopic (exact) mass is 260 g/mol. The Morgan fingerprint density at radius 1 is 1.53 bits per heavy atom. The van der Waals surface area contributed by atoms with Gasteiger partial charge in [-0.25, -0.2) is 0 Å². The average Bonchev–Trinajstić information content (AvgIpc) is 2.76. The fourth-order valence-electron chi connectivity index (χ4n) is 2.36. The second-order valence-electron chi connectivity index (χ2n) is 5.09. The van der Waals surface area contributed by atoms with Crippen molar-refractivity contribution in [2.24, 2.45) is 0 Å². The molecular formula is C15H20N2O2. The number of hydrogen-bond acceptors (Lipinski definition) is 4. The molecule has 4 heteroatoms. The number of nitrogens with one attached hydrogen (secondary N) is 1. The lowest BCUT2D eigenvalue weighted by Crippen LogP contribution is -2.46. The molecule has 0 aromatic heterocycles. The SMILES string of the molecule is CC1OCCC1(O)CNCC(C#N)c1ccccc1. The highest BCUT2D eigenvalue weighted by atomic mass is 16.5. The highest BCUT2D eigenvalue weighted by Gasteiger charge is 2.39. The summed E-state index contributed by atoms with van der Waals surface area (Å²) in [6.45, 7) is 3.47. The van der Waals surface area contributed by atoms with Gasteiger partial charge in [-0.1, -0.05) is 30.3 Å². The number of hydrogen-bond donors (Lipinski definition) is 2. The summed E-state index contributed by atoms with van der Waals surface area (Å²) in [5.41, 5.74) is 0.191. The molecule has 19 heavy (non-hydrogen) atoms. The van der Waals surface area contributed by atoms with Crippen LogP contribution in [-0.4, -0.2) is 36.5 Å². The molecule has 3 unspecified atom stereocenters. The summed E-state index contributed by atoms with van der Waals surface area (Å²) in [5.74, 6) is -0.192. The van der Waals surface area contributed by atoms with Gasteiger partial charge in [-0.05, 0) is 12.5 Å². The van der Waals surface area contributed by atoms with Crippen molar-refractivity contribution < 1.29 is 9.84 Å². The maximum absolute atomic E-state index is 10.3. The summed E-state index contributed by atoms with van der Waals surface area (Å²) in [4.78, 5) is 0. The minimum atomic E-state index is -0.809. The van der Waals surface area contributed by atoms with Crippen LogP contribution in [-0.2, 0) is 4.74 Å². The molecule has 0 spiro atoms. The van der Waals surface area contributed by atoms with Crippen molar-refractivity contribution in [2.75, 3.05) is 19.7 Å². The van der Waals surface area contributed by atoms with E-state index in [1.165, 1.54) is 0 Å². The third-order valence-corrected chi connectivity index (χ3v) is 3.80. The molecule has 1 saturated heterocycles. The van der Waals surface area contributed by atoms with E-state index in [1.807, 2.05) is 37.3 Å². The number of aliphatic hydroxyl groups is 1. The van der Waals surface area contributed by atoms with Crippen LogP contribution in [0.1, 0.15) is 24.8 Å². The van der Waals surface area contributed by atoms with E-state index in [2.05, 4.69) is 11.4 Å². The maximum Gasteiger partial charge on any atom is 0.105 e. The second kappa shape index (κ2) is 6.16. The molecule has 1 aromatic carbocycles. The topological polar surface area (TPSA) is 65.3 Å². The van der Waals surface area contributed by atoms with Crippen molar-refractivity contribution in [1.82, 2.24) is 5.32 Å². The Morgan fingerprint density at radius 3 is 2.84 bits per heavy atom. The smallest absolute Gasteiger partial charge is 0.105 e. The first kappa shape index (κ1) is 14.0. The normalized spacial score (nSPS) is 27.9. The van der Waals surface area contributed by atoms with Crippen LogP contribution in [0.4, 0.5) is 0 Å². The number of nitriles is 1. The van der Waals surface area contributed by atoms with Crippen molar-refractivity contribution in [1.29, 1.82) is 5.26 Å². The van der Waals surface area contributed by atoms with Crippen molar-refractivity contribution in [2.45, 2.75) is 31.0 Å². The van der Waals surface area contributed by atoms with E-state index in [0.717, 1.165) is 5.56 Å². The van der Waals surface area contributed by atoms with Gasteiger partial charge in [0.1, 0.15) is 5.60 Å². The van der Waals surface area contributed by atoms with Gasteiger partial charge in [-0.2, -0.15) is 5.26 Å². The molecule has 1 fully saturated rings. The summed E-state index contributed by atoms with van der Waals surface area (Å²) in [6.07, 6.45) is 0.487. The number of ether oxygens (including phenoxy) is 1. The molecule has 0 radical (unpaired) electrons. The molecule has 0 saturated carbocycles. The molecule has 3 atom stereocenters. The van der Waals surface area contributed by atoms with Gasteiger partial charge in [0.15, 0.2) is 0 Å². The Bertz CT molecular complexity index is 443. The molecule has 1 heterocycles. The zero-order valence-corrected chi connectivity index (χ0v) is 11.2. The molecule has 0 amide bonds. The van der Waals surface area contributed by atoms with E-state index in [-0.39, 0.29) is 12.0 Å². The number of rotatable bonds is 5. The lowest BCUT2D eigenvalue weighted by atomic mass is 9.95. The molecule has 2 rings (SSSR count). The van der Waals surface area contributed by atoms with Crippen LogP contribution >= 0.6 is 0 Å². The number of benzene rings is 1. The van der Waals surface area contributed by atoms with Gasteiger partial charge in [0.2, 0.25) is 0 Å². The third kappa shape index (κ3) is 3.32. The zero-order valence-electron chi connectivity index (χ0n) is 11.2. The first-order valence-corrected chi connectivity index (χ1v) is 6.65. The van der Waals surface area contributed by atoms with Crippen molar-refractivity contribution in [3.8, 4) is 6.07 Å². The van der Waals surface area contributed by atoms with Crippen LogP contribution in [0.3, 0.4) is 0 Å². The molecular weight excluding hydrogens is 240 g/mol. The van der Waals surface area contributed by atoms with Crippen LogP contribution < -0.4 is 5.32 Å². The molecule has 2 N–H and O–H groups in total. The van der Waals surface area contributed by atoms with Crippen molar-refractivity contribution in [3.05, 3.63) is 35.9 Å². The third-order valence-electron chi connectivity index (χ3n) is 3.80. The Morgan fingerprint density at radius 2 is 2.26 bits per heavy atom. The van der Waals surface area contributed by atoms with Gasteiger partial charge in [-0.3, -0.25) is 0 Å². The van der Waals surface area contributed by atoms with E-state index < -0.39 is 5.60 Å². The largest absolute Gasteiger partial charge is 0.386 e. The van der Waals surface area contributed by atoms with Crippen LogP contribution in [0.5, 0.6) is 0 Å². The minimum Gasteiger partial charge on any atom is -0.386 e. The van der Waals surface area contributed by atoms with E-state index in [4.69, 9.17) is 4.74 Å². The van der Waals surface area contributed by atoms with Gasteiger partial charge >= 0.3 is 0 Å². The van der Waals surface area contributed by atoms with Crippen molar-refractivity contribution in [3.63, 3.8) is 0 Å². The number of nitrogens with zero attached hydrogens (tertiary/aromatic N) is 1. The zero-order chi connectivity index (χ0) is 13.7. The predicted molar refractivity (Wildman–Crippen MR) is 72.6 cm³/mol. The van der Waals surface area contributed by atoms with Crippen LogP contribution in [0.15, 0.2) is 30.3 Å². The quantitative estimate of drug-likeness (QED) is 0.840. The van der Waals surface area contributed by atoms with Gasteiger partial charge in [0.25, 0.3) is 0 Å².